The predicted octanol–water partition coefficient (Wildman–Crippen LogP) is 4.21. The van der Waals surface area contributed by atoms with Crippen molar-refractivity contribution in [3.8, 4) is 0 Å². The Labute approximate surface area is 187 Å². The molecule has 160 valence electrons. The Bertz CT molecular complexity index is 859. The van der Waals surface area contributed by atoms with Crippen molar-refractivity contribution in [2.75, 3.05) is 32.7 Å². The second-order valence-corrected chi connectivity index (χ2v) is 9.49. The second-order valence-electron chi connectivity index (χ2n) is 8.10. The molecule has 1 N–H and O–H groups in total. The van der Waals surface area contributed by atoms with Crippen LogP contribution in [0.2, 0.25) is 5.02 Å². The molecule has 2 aromatic rings. The van der Waals surface area contributed by atoms with E-state index in [-0.39, 0.29) is 23.8 Å². The lowest BCUT2D eigenvalue weighted by Crippen LogP contribution is -2.44. The van der Waals surface area contributed by atoms with Gasteiger partial charge in [-0.05, 0) is 67.9 Å². The van der Waals surface area contributed by atoms with Gasteiger partial charge in [0.25, 0.3) is 5.91 Å². The smallest absolute Gasteiger partial charge is 0.263 e. The summed E-state index contributed by atoms with van der Waals surface area (Å²) in [5.41, 5.74) is 1.15. The van der Waals surface area contributed by atoms with Crippen LogP contribution in [0.1, 0.15) is 47.0 Å². The Balaban J connectivity index is 1.32. The highest BCUT2D eigenvalue weighted by Crippen LogP contribution is 2.27. The Morgan fingerprint density at radius 3 is 2.53 bits per heavy atom. The van der Waals surface area contributed by atoms with Gasteiger partial charge in [0.2, 0.25) is 5.91 Å². The third-order valence-electron chi connectivity index (χ3n) is 6.17. The summed E-state index contributed by atoms with van der Waals surface area (Å²) < 4.78 is 0. The third kappa shape index (κ3) is 5.05. The number of likely N-dealkylation sites (tertiary alicyclic amines) is 2. The number of hydrogen-bond acceptors (Lipinski definition) is 4. The van der Waals surface area contributed by atoms with Crippen molar-refractivity contribution in [1.29, 1.82) is 0 Å². The average Bonchev–Trinajstić information content (AvgIpc) is 3.48. The van der Waals surface area contributed by atoms with Gasteiger partial charge in [-0.25, -0.2) is 0 Å². The number of nitrogens with one attached hydrogen (secondary N) is 1. The number of benzene rings is 1. The summed E-state index contributed by atoms with van der Waals surface area (Å²) in [4.78, 5) is 30.4. The Morgan fingerprint density at radius 1 is 1.10 bits per heavy atom. The number of carbonyl (C=O) groups excluding carboxylic acids is 2. The zero-order valence-corrected chi connectivity index (χ0v) is 18.6. The number of piperidine rings is 1. The van der Waals surface area contributed by atoms with Gasteiger partial charge in [-0.2, -0.15) is 0 Å². The summed E-state index contributed by atoms with van der Waals surface area (Å²) in [7, 11) is 0. The van der Waals surface area contributed by atoms with Crippen LogP contribution in [0.25, 0.3) is 0 Å². The predicted molar refractivity (Wildman–Crippen MR) is 121 cm³/mol. The van der Waals surface area contributed by atoms with E-state index in [0.29, 0.717) is 32.5 Å². The molecule has 2 fully saturated rings. The van der Waals surface area contributed by atoms with Gasteiger partial charge in [-0.3, -0.25) is 14.5 Å². The highest BCUT2D eigenvalue weighted by atomic mass is 35.5. The molecule has 4 rings (SSSR count). The van der Waals surface area contributed by atoms with Crippen LogP contribution >= 0.6 is 22.9 Å². The highest BCUT2D eigenvalue weighted by molar-refractivity contribution is 7.12. The SMILES string of the molecule is O=C(NCC(c1cccc(Cl)c1)N1CCCC1)C1CCN(C(=O)c2cccs2)CC1. The van der Waals surface area contributed by atoms with Gasteiger partial charge >= 0.3 is 0 Å². The van der Waals surface area contributed by atoms with Gasteiger partial charge in [0.15, 0.2) is 0 Å². The van der Waals surface area contributed by atoms with Gasteiger partial charge in [0.1, 0.15) is 0 Å². The number of carbonyl (C=O) groups is 2. The zero-order valence-electron chi connectivity index (χ0n) is 17.1. The first-order valence-electron chi connectivity index (χ1n) is 10.7. The lowest BCUT2D eigenvalue weighted by atomic mass is 9.95. The summed E-state index contributed by atoms with van der Waals surface area (Å²) >= 11 is 7.69. The molecular formula is C23H28ClN3O2S. The van der Waals surface area contributed by atoms with Crippen molar-refractivity contribution < 1.29 is 9.59 Å². The average molecular weight is 446 g/mol. The largest absolute Gasteiger partial charge is 0.354 e. The molecule has 0 aliphatic carbocycles. The van der Waals surface area contributed by atoms with Crippen LogP contribution in [0.4, 0.5) is 0 Å². The fraction of sp³-hybridized carbons (Fsp3) is 0.478. The van der Waals surface area contributed by atoms with Gasteiger partial charge in [-0.15, -0.1) is 11.3 Å². The highest BCUT2D eigenvalue weighted by Gasteiger charge is 2.30. The van der Waals surface area contributed by atoms with E-state index < -0.39 is 0 Å². The first-order chi connectivity index (χ1) is 14.6. The lowest BCUT2D eigenvalue weighted by Gasteiger charge is -2.32. The standard InChI is InChI=1S/C23H28ClN3O2S/c24-19-6-3-5-18(15-19)20(26-10-1-2-11-26)16-25-22(28)17-8-12-27(13-9-17)23(29)21-7-4-14-30-21/h3-7,14-15,17,20H,1-2,8-13,16H2,(H,25,28). The van der Waals surface area contributed by atoms with Gasteiger partial charge < -0.3 is 10.2 Å². The van der Waals surface area contributed by atoms with Crippen LogP contribution in [0.5, 0.6) is 0 Å². The minimum absolute atomic E-state index is 0.0315. The van der Waals surface area contributed by atoms with E-state index in [1.54, 1.807) is 0 Å². The molecular weight excluding hydrogens is 418 g/mol. The van der Waals surface area contributed by atoms with Crippen molar-refractivity contribution >= 4 is 34.8 Å². The molecule has 2 aliphatic rings. The molecule has 2 amide bonds. The van der Waals surface area contributed by atoms with Crippen LogP contribution in [0.15, 0.2) is 41.8 Å². The monoisotopic (exact) mass is 445 g/mol. The van der Waals surface area contributed by atoms with E-state index in [1.165, 1.54) is 24.2 Å². The fourth-order valence-corrected chi connectivity index (χ4v) is 5.36. The molecule has 0 bridgehead atoms. The molecule has 0 spiro atoms. The quantitative estimate of drug-likeness (QED) is 0.724. The zero-order chi connectivity index (χ0) is 20.9. The molecule has 3 heterocycles. The number of rotatable bonds is 6. The van der Waals surface area contributed by atoms with Crippen LogP contribution < -0.4 is 5.32 Å². The van der Waals surface area contributed by atoms with Crippen molar-refractivity contribution in [2.45, 2.75) is 31.7 Å². The van der Waals surface area contributed by atoms with E-state index in [4.69, 9.17) is 11.6 Å². The summed E-state index contributed by atoms with van der Waals surface area (Å²) in [5.74, 6) is 0.152. The fourth-order valence-electron chi connectivity index (χ4n) is 4.47. The van der Waals surface area contributed by atoms with Crippen LogP contribution in [0, 0.1) is 5.92 Å². The minimum Gasteiger partial charge on any atom is -0.354 e. The third-order valence-corrected chi connectivity index (χ3v) is 7.26. The van der Waals surface area contributed by atoms with E-state index in [0.717, 1.165) is 28.6 Å². The molecule has 1 atom stereocenters. The first-order valence-corrected chi connectivity index (χ1v) is 12.0. The summed E-state index contributed by atoms with van der Waals surface area (Å²) in [5, 5.41) is 5.84. The topological polar surface area (TPSA) is 52.7 Å². The van der Waals surface area contributed by atoms with Gasteiger partial charge in [0, 0.05) is 30.6 Å². The van der Waals surface area contributed by atoms with Crippen molar-refractivity contribution in [2.24, 2.45) is 5.92 Å². The maximum Gasteiger partial charge on any atom is 0.263 e. The van der Waals surface area contributed by atoms with Crippen LogP contribution in [-0.4, -0.2) is 54.3 Å². The van der Waals surface area contributed by atoms with E-state index >= 15 is 0 Å². The second kappa shape index (κ2) is 9.94. The molecule has 1 aromatic carbocycles. The molecule has 0 radical (unpaired) electrons. The van der Waals surface area contributed by atoms with Crippen molar-refractivity contribution in [3.63, 3.8) is 0 Å². The molecule has 7 heteroatoms. The van der Waals surface area contributed by atoms with Gasteiger partial charge in [0.05, 0.1) is 10.9 Å². The number of nitrogens with zero attached hydrogens (tertiary/aromatic N) is 2. The lowest BCUT2D eigenvalue weighted by molar-refractivity contribution is -0.126. The first kappa shape index (κ1) is 21.3. The summed E-state index contributed by atoms with van der Waals surface area (Å²) in [6, 6.07) is 11.9. The van der Waals surface area contributed by atoms with Gasteiger partial charge in [-0.1, -0.05) is 29.8 Å². The number of thiophene rings is 1. The Morgan fingerprint density at radius 2 is 1.87 bits per heavy atom. The maximum absolute atomic E-state index is 12.9. The number of halogens is 1. The van der Waals surface area contributed by atoms with Crippen LogP contribution in [0.3, 0.4) is 0 Å². The Kier molecular flexibility index (Phi) is 7.08. The van der Waals surface area contributed by atoms with E-state index in [9.17, 15) is 9.59 Å². The normalized spacial score (nSPS) is 19.0. The van der Waals surface area contributed by atoms with Crippen molar-refractivity contribution in [3.05, 3.63) is 57.2 Å². The molecule has 2 saturated heterocycles. The summed E-state index contributed by atoms with van der Waals surface area (Å²) in [6.07, 6.45) is 3.83. The summed E-state index contributed by atoms with van der Waals surface area (Å²) in [6.45, 7) is 3.97. The molecule has 0 saturated carbocycles. The van der Waals surface area contributed by atoms with E-state index in [2.05, 4.69) is 16.3 Å². The van der Waals surface area contributed by atoms with E-state index in [1.807, 2.05) is 40.6 Å². The number of amides is 2. The molecule has 2 aliphatic heterocycles. The molecule has 1 aromatic heterocycles. The number of hydrogen-bond donors (Lipinski definition) is 1. The Hall–Kier alpha value is -1.89. The molecule has 1 unspecified atom stereocenters. The van der Waals surface area contributed by atoms with Crippen LogP contribution in [-0.2, 0) is 4.79 Å². The molecule has 30 heavy (non-hydrogen) atoms. The maximum atomic E-state index is 12.9. The molecule has 5 nitrogen and oxygen atoms in total. The minimum atomic E-state index is -0.0315. The van der Waals surface area contributed by atoms with Crippen molar-refractivity contribution in [1.82, 2.24) is 15.1 Å².